The molecule has 7 heteroatoms. The molecule has 2 aromatic rings. The lowest BCUT2D eigenvalue weighted by atomic mass is 9.89. The molecular formula is C29H36N4O2S. The number of piperidine rings is 1. The molecule has 0 bridgehead atoms. The van der Waals surface area contributed by atoms with Gasteiger partial charge in [0.05, 0.1) is 11.6 Å². The molecule has 6 nitrogen and oxygen atoms in total. The second-order valence-corrected chi connectivity index (χ2v) is 9.98. The van der Waals surface area contributed by atoms with Gasteiger partial charge in [0.1, 0.15) is 0 Å². The molecule has 36 heavy (non-hydrogen) atoms. The van der Waals surface area contributed by atoms with E-state index in [1.165, 1.54) is 11.1 Å². The molecule has 2 aromatic carbocycles. The number of likely N-dealkylation sites (tertiary alicyclic amines) is 1. The summed E-state index contributed by atoms with van der Waals surface area (Å²) < 4.78 is 0. The molecule has 2 amide bonds. The minimum absolute atomic E-state index is 0.106. The van der Waals surface area contributed by atoms with Crippen molar-refractivity contribution in [1.82, 2.24) is 10.2 Å². The van der Waals surface area contributed by atoms with Crippen LogP contribution in [-0.2, 0) is 4.79 Å². The Kier molecular flexibility index (Phi) is 11.8. The van der Waals surface area contributed by atoms with E-state index in [9.17, 15) is 9.59 Å². The third-order valence-corrected chi connectivity index (χ3v) is 6.96. The molecule has 3 rings (SSSR count). The van der Waals surface area contributed by atoms with Crippen LogP contribution in [0.5, 0.6) is 0 Å². The fourth-order valence-corrected chi connectivity index (χ4v) is 4.42. The Morgan fingerprint density at radius 3 is 2.42 bits per heavy atom. The van der Waals surface area contributed by atoms with Crippen LogP contribution in [0.25, 0.3) is 0 Å². The van der Waals surface area contributed by atoms with Crippen molar-refractivity contribution >= 4 is 29.8 Å². The van der Waals surface area contributed by atoms with Crippen LogP contribution >= 0.6 is 11.8 Å². The van der Waals surface area contributed by atoms with Crippen molar-refractivity contribution in [3.63, 3.8) is 0 Å². The molecule has 1 fully saturated rings. The van der Waals surface area contributed by atoms with Crippen LogP contribution in [0.2, 0.25) is 0 Å². The van der Waals surface area contributed by atoms with Crippen molar-refractivity contribution in [2.24, 2.45) is 0 Å². The van der Waals surface area contributed by atoms with E-state index < -0.39 is 0 Å². The Labute approximate surface area is 219 Å². The minimum atomic E-state index is 0.106. The Hall–Kier alpha value is -3.50. The second-order valence-electron chi connectivity index (χ2n) is 8.93. The maximum absolute atomic E-state index is 12.8. The van der Waals surface area contributed by atoms with Gasteiger partial charge in [-0.25, -0.2) is 0 Å². The number of hydrogen-bond acceptors (Lipinski definition) is 5. The van der Waals surface area contributed by atoms with E-state index in [1.54, 1.807) is 11.8 Å². The molecular weight excluding hydrogens is 468 g/mol. The molecule has 2 N–H and O–H groups in total. The number of carbonyl (C=O) groups excluding carboxylic acids is 2. The number of nitrogens with one attached hydrogen (secondary N) is 2. The van der Waals surface area contributed by atoms with Gasteiger partial charge in [0.15, 0.2) is 0 Å². The van der Waals surface area contributed by atoms with Crippen LogP contribution in [0.4, 0.5) is 5.69 Å². The van der Waals surface area contributed by atoms with Gasteiger partial charge in [0.2, 0.25) is 6.41 Å². The van der Waals surface area contributed by atoms with E-state index in [0.717, 1.165) is 47.7 Å². The summed E-state index contributed by atoms with van der Waals surface area (Å²) in [6, 6.07) is 15.8. The fourth-order valence-electron chi connectivity index (χ4n) is 3.85. The van der Waals surface area contributed by atoms with E-state index in [0.29, 0.717) is 24.4 Å². The predicted molar refractivity (Wildman–Crippen MR) is 150 cm³/mol. The van der Waals surface area contributed by atoms with E-state index in [2.05, 4.69) is 23.3 Å². The molecule has 0 radical (unpaired) electrons. The molecule has 0 aliphatic carbocycles. The first kappa shape index (κ1) is 28.7. The molecule has 0 saturated carbocycles. The highest BCUT2D eigenvalue weighted by Crippen LogP contribution is 2.29. The highest BCUT2D eigenvalue weighted by atomic mass is 32.2. The van der Waals surface area contributed by atoms with Crippen LogP contribution in [0.3, 0.4) is 0 Å². The second kappa shape index (κ2) is 14.8. The molecule has 190 valence electrons. The number of amides is 2. The highest BCUT2D eigenvalue weighted by Gasteiger charge is 2.24. The standard InChI is InChI=1S/C21H23N3O.C8H13NOS/c1-15-3-6-19(13-20(15)23-2)21(25)24-11-9-18(10-12-24)17-7-4-16(14-22)5-8-17;1-7(2)5-11-8(3)4-9-6-10/h3-8,13,18,23H,9-12H2,1-2H3;5-6H,3-4H2,1-2H3,(H,9,10). The fraction of sp³-hybridized carbons (Fsp3) is 0.345. The topological polar surface area (TPSA) is 85.2 Å². The van der Waals surface area contributed by atoms with Gasteiger partial charge in [-0.05, 0) is 80.3 Å². The van der Waals surface area contributed by atoms with Crippen molar-refractivity contribution in [3.05, 3.63) is 87.2 Å². The lowest BCUT2D eigenvalue weighted by molar-refractivity contribution is -0.109. The summed E-state index contributed by atoms with van der Waals surface area (Å²) >= 11 is 1.55. The number of carbonyl (C=O) groups is 2. The van der Waals surface area contributed by atoms with Crippen molar-refractivity contribution in [3.8, 4) is 6.07 Å². The number of allylic oxidation sites excluding steroid dienone is 1. The number of thioether (sulfide) groups is 1. The zero-order chi connectivity index (χ0) is 26.5. The number of benzene rings is 2. The van der Waals surface area contributed by atoms with Crippen molar-refractivity contribution in [2.75, 3.05) is 32.0 Å². The maximum atomic E-state index is 12.8. The Balaban J connectivity index is 0.000000352. The summed E-state index contributed by atoms with van der Waals surface area (Å²) in [6.45, 7) is 11.9. The van der Waals surface area contributed by atoms with Crippen LogP contribution in [0, 0.1) is 18.3 Å². The number of nitrogens with zero attached hydrogens (tertiary/aromatic N) is 2. The van der Waals surface area contributed by atoms with Crippen molar-refractivity contribution < 1.29 is 9.59 Å². The van der Waals surface area contributed by atoms with Crippen LogP contribution in [0.15, 0.2) is 64.9 Å². The molecule has 1 aliphatic heterocycles. The number of hydrogen-bond donors (Lipinski definition) is 2. The summed E-state index contributed by atoms with van der Waals surface area (Å²) in [5, 5.41) is 16.6. The molecule has 1 aliphatic rings. The molecule has 1 saturated heterocycles. The first-order valence-electron chi connectivity index (χ1n) is 12.0. The minimum Gasteiger partial charge on any atom is -0.388 e. The normalized spacial score (nSPS) is 12.9. The molecule has 0 unspecified atom stereocenters. The summed E-state index contributed by atoms with van der Waals surface area (Å²) in [5.74, 6) is 0.567. The van der Waals surface area contributed by atoms with E-state index in [4.69, 9.17) is 5.26 Å². The van der Waals surface area contributed by atoms with Crippen LogP contribution in [0.1, 0.15) is 59.7 Å². The lowest BCUT2D eigenvalue weighted by Crippen LogP contribution is -2.37. The largest absolute Gasteiger partial charge is 0.388 e. The first-order chi connectivity index (χ1) is 17.3. The zero-order valence-electron chi connectivity index (χ0n) is 21.6. The summed E-state index contributed by atoms with van der Waals surface area (Å²) in [5.41, 5.74) is 6.07. The highest BCUT2D eigenvalue weighted by molar-refractivity contribution is 8.05. The number of anilines is 1. The van der Waals surface area contributed by atoms with Crippen LogP contribution in [-0.4, -0.2) is 43.9 Å². The first-order valence-corrected chi connectivity index (χ1v) is 12.9. The SMILES string of the molecule is C=C(CNC=O)SC=C(C)C.CNc1cc(C(=O)N2CCC(c3ccc(C#N)cc3)CC2)ccc1C. The Morgan fingerprint density at radius 1 is 1.19 bits per heavy atom. The number of rotatable bonds is 8. The molecule has 0 spiro atoms. The van der Waals surface area contributed by atoms with E-state index >= 15 is 0 Å². The Morgan fingerprint density at radius 2 is 1.86 bits per heavy atom. The average Bonchev–Trinajstić information content (AvgIpc) is 2.91. The van der Waals surface area contributed by atoms with Gasteiger partial charge in [-0.1, -0.05) is 30.4 Å². The third-order valence-electron chi connectivity index (χ3n) is 5.89. The average molecular weight is 505 g/mol. The maximum Gasteiger partial charge on any atom is 0.253 e. The van der Waals surface area contributed by atoms with Crippen molar-refractivity contribution in [1.29, 1.82) is 5.26 Å². The lowest BCUT2D eigenvalue weighted by Gasteiger charge is -2.32. The molecule has 1 heterocycles. The zero-order valence-corrected chi connectivity index (χ0v) is 22.5. The van der Waals surface area contributed by atoms with E-state index in [-0.39, 0.29) is 5.91 Å². The van der Waals surface area contributed by atoms with E-state index in [1.807, 2.05) is 80.6 Å². The van der Waals surface area contributed by atoms with Gasteiger partial charge in [0.25, 0.3) is 5.91 Å². The number of aryl methyl sites for hydroxylation is 1. The molecule has 0 atom stereocenters. The summed E-state index contributed by atoms with van der Waals surface area (Å²) in [7, 11) is 1.87. The smallest absolute Gasteiger partial charge is 0.253 e. The Bertz CT molecular complexity index is 1110. The van der Waals surface area contributed by atoms with Crippen LogP contribution < -0.4 is 10.6 Å². The monoisotopic (exact) mass is 504 g/mol. The van der Waals surface area contributed by atoms with Gasteiger partial charge in [0, 0.05) is 42.8 Å². The van der Waals surface area contributed by atoms with Crippen molar-refractivity contribution in [2.45, 2.75) is 39.5 Å². The summed E-state index contributed by atoms with van der Waals surface area (Å²) in [4.78, 5) is 25.5. The summed E-state index contributed by atoms with van der Waals surface area (Å²) in [6.07, 6.45) is 2.60. The molecule has 0 aromatic heterocycles. The van der Waals surface area contributed by atoms with Gasteiger partial charge in [-0.2, -0.15) is 5.26 Å². The predicted octanol–water partition coefficient (Wildman–Crippen LogP) is 5.83. The van der Waals surface area contributed by atoms with Gasteiger partial charge in [-0.3, -0.25) is 9.59 Å². The number of nitriles is 1. The van der Waals surface area contributed by atoms with Gasteiger partial charge < -0.3 is 15.5 Å². The van der Waals surface area contributed by atoms with Gasteiger partial charge in [-0.15, -0.1) is 11.8 Å². The third kappa shape index (κ3) is 8.94. The quantitative estimate of drug-likeness (QED) is 0.442. The van der Waals surface area contributed by atoms with Gasteiger partial charge >= 0.3 is 0 Å².